The Morgan fingerprint density at radius 3 is 1.50 bits per heavy atom. The molecule has 0 amide bonds. The van der Waals surface area contributed by atoms with Gasteiger partial charge in [-0.1, -0.05) is 12.2 Å². The zero-order valence-electron chi connectivity index (χ0n) is 6.28. The van der Waals surface area contributed by atoms with Crippen molar-refractivity contribution in [1.29, 1.82) is 0 Å². The summed E-state index contributed by atoms with van der Waals surface area (Å²) >= 11 is 0. The summed E-state index contributed by atoms with van der Waals surface area (Å²) in [5, 5.41) is 17.0. The van der Waals surface area contributed by atoms with Gasteiger partial charge in [0.1, 0.15) is 0 Å². The fourth-order valence-electron chi connectivity index (χ4n) is 0.994. The van der Waals surface area contributed by atoms with Gasteiger partial charge < -0.3 is 10.2 Å². The Labute approximate surface area is 68.8 Å². The number of hydrogen-bond acceptors (Lipinski definition) is 2. The van der Waals surface area contributed by atoms with Crippen LogP contribution in [-0.4, -0.2) is 22.2 Å². The summed E-state index contributed by atoms with van der Waals surface area (Å²) in [6.45, 7) is 0. The maximum absolute atomic E-state index is 10.4. The van der Waals surface area contributed by atoms with Gasteiger partial charge in [0.2, 0.25) is 0 Å². The lowest BCUT2D eigenvalue weighted by atomic mass is 9.99. The molecule has 1 aliphatic rings. The summed E-state index contributed by atoms with van der Waals surface area (Å²) in [7, 11) is 0. The smallest absolute Gasteiger partial charge is 0.331 e. The maximum atomic E-state index is 10.4. The van der Waals surface area contributed by atoms with E-state index in [9.17, 15) is 9.59 Å². The van der Waals surface area contributed by atoms with E-state index in [0.717, 1.165) is 0 Å². The standard InChI is InChI=1S/C8H8O4/c9-7(10)5-1-2-6(4-3-5)8(11)12/h1-2H,3-4H2,(H,9,10)(H,11,12). The van der Waals surface area contributed by atoms with E-state index in [-0.39, 0.29) is 11.1 Å². The van der Waals surface area contributed by atoms with Crippen molar-refractivity contribution in [2.45, 2.75) is 12.8 Å². The molecule has 0 aromatic heterocycles. The number of carbonyl (C=O) groups is 2. The van der Waals surface area contributed by atoms with E-state index >= 15 is 0 Å². The van der Waals surface area contributed by atoms with Crippen molar-refractivity contribution >= 4 is 11.9 Å². The predicted molar refractivity (Wildman–Crippen MR) is 40.7 cm³/mol. The Kier molecular flexibility index (Phi) is 2.28. The molecule has 0 spiro atoms. The van der Waals surface area contributed by atoms with Crippen molar-refractivity contribution in [1.82, 2.24) is 0 Å². The summed E-state index contributed by atoms with van der Waals surface area (Å²) in [4.78, 5) is 20.8. The normalized spacial score (nSPS) is 16.3. The average Bonchev–Trinajstić information content (AvgIpc) is 2.04. The van der Waals surface area contributed by atoms with Crippen molar-refractivity contribution in [3.63, 3.8) is 0 Å². The monoisotopic (exact) mass is 168 g/mol. The van der Waals surface area contributed by atoms with Crippen LogP contribution in [0.25, 0.3) is 0 Å². The number of carboxylic acid groups (broad SMARTS) is 2. The molecule has 0 aromatic rings. The van der Waals surface area contributed by atoms with Gasteiger partial charge in [0.15, 0.2) is 0 Å². The highest BCUT2D eigenvalue weighted by Crippen LogP contribution is 2.18. The van der Waals surface area contributed by atoms with Gasteiger partial charge in [0.25, 0.3) is 0 Å². The molecule has 0 atom stereocenters. The first kappa shape index (κ1) is 8.52. The minimum absolute atomic E-state index is 0.264. The van der Waals surface area contributed by atoms with E-state index in [2.05, 4.69) is 0 Å². The molecule has 1 aliphatic carbocycles. The van der Waals surface area contributed by atoms with Crippen LogP contribution in [0.3, 0.4) is 0 Å². The molecule has 0 aliphatic heterocycles. The molecule has 4 heteroatoms. The van der Waals surface area contributed by atoms with E-state index in [1.165, 1.54) is 12.2 Å². The van der Waals surface area contributed by atoms with Gasteiger partial charge >= 0.3 is 11.9 Å². The van der Waals surface area contributed by atoms with Crippen LogP contribution < -0.4 is 0 Å². The van der Waals surface area contributed by atoms with Crippen LogP contribution in [0.2, 0.25) is 0 Å². The Morgan fingerprint density at radius 2 is 1.33 bits per heavy atom. The first-order valence-electron chi connectivity index (χ1n) is 3.47. The lowest BCUT2D eigenvalue weighted by molar-refractivity contribution is -0.134. The minimum Gasteiger partial charge on any atom is -0.478 e. The summed E-state index contributed by atoms with van der Waals surface area (Å²) in [5.41, 5.74) is 0.528. The van der Waals surface area contributed by atoms with Crippen LogP contribution >= 0.6 is 0 Å². The third-order valence-electron chi connectivity index (χ3n) is 1.70. The molecule has 0 fully saturated rings. The van der Waals surface area contributed by atoms with Crippen LogP contribution in [0, 0.1) is 0 Å². The second-order valence-electron chi connectivity index (χ2n) is 2.49. The van der Waals surface area contributed by atoms with E-state index in [4.69, 9.17) is 10.2 Å². The third-order valence-corrected chi connectivity index (χ3v) is 1.70. The Bertz CT molecular complexity index is 255. The molecule has 0 unspecified atom stereocenters. The molecular formula is C8H8O4. The fourth-order valence-corrected chi connectivity index (χ4v) is 0.994. The van der Waals surface area contributed by atoms with Gasteiger partial charge in [0, 0.05) is 11.1 Å². The van der Waals surface area contributed by atoms with Gasteiger partial charge in [-0.15, -0.1) is 0 Å². The Balaban J connectivity index is 2.80. The highest BCUT2D eigenvalue weighted by Gasteiger charge is 2.15. The molecular weight excluding hydrogens is 160 g/mol. The topological polar surface area (TPSA) is 74.6 Å². The summed E-state index contributed by atoms with van der Waals surface area (Å²) in [6.07, 6.45) is 3.28. The lowest BCUT2D eigenvalue weighted by Crippen LogP contribution is -2.08. The second-order valence-corrected chi connectivity index (χ2v) is 2.49. The van der Waals surface area contributed by atoms with E-state index in [0.29, 0.717) is 12.8 Å². The molecule has 0 heterocycles. The molecule has 0 bridgehead atoms. The molecule has 0 saturated heterocycles. The van der Waals surface area contributed by atoms with Crippen LogP contribution in [-0.2, 0) is 9.59 Å². The average molecular weight is 168 g/mol. The number of carboxylic acids is 2. The fraction of sp³-hybridized carbons (Fsp3) is 0.250. The van der Waals surface area contributed by atoms with Crippen molar-refractivity contribution < 1.29 is 19.8 Å². The third kappa shape index (κ3) is 1.72. The highest BCUT2D eigenvalue weighted by molar-refractivity contribution is 5.91. The van der Waals surface area contributed by atoms with Gasteiger partial charge in [-0.3, -0.25) is 0 Å². The van der Waals surface area contributed by atoms with Crippen LogP contribution in [0.1, 0.15) is 12.8 Å². The van der Waals surface area contributed by atoms with Crippen molar-refractivity contribution in [3.8, 4) is 0 Å². The first-order chi connectivity index (χ1) is 5.61. The number of allylic oxidation sites excluding steroid dienone is 2. The Morgan fingerprint density at radius 1 is 1.00 bits per heavy atom. The predicted octanol–water partition coefficient (Wildman–Crippen LogP) is 0.802. The van der Waals surface area contributed by atoms with Crippen molar-refractivity contribution in [2.24, 2.45) is 0 Å². The second kappa shape index (κ2) is 3.21. The first-order valence-corrected chi connectivity index (χ1v) is 3.47. The largest absolute Gasteiger partial charge is 0.478 e. The van der Waals surface area contributed by atoms with E-state index < -0.39 is 11.9 Å². The van der Waals surface area contributed by atoms with Crippen molar-refractivity contribution in [2.75, 3.05) is 0 Å². The summed E-state index contributed by atoms with van der Waals surface area (Å²) in [6, 6.07) is 0. The summed E-state index contributed by atoms with van der Waals surface area (Å²) in [5.74, 6) is -1.95. The minimum atomic E-state index is -0.976. The van der Waals surface area contributed by atoms with E-state index in [1.54, 1.807) is 0 Å². The molecule has 2 N–H and O–H groups in total. The van der Waals surface area contributed by atoms with Crippen LogP contribution in [0.4, 0.5) is 0 Å². The van der Waals surface area contributed by atoms with Crippen LogP contribution in [0.5, 0.6) is 0 Å². The number of rotatable bonds is 2. The molecule has 0 radical (unpaired) electrons. The molecule has 1 rings (SSSR count). The zero-order valence-corrected chi connectivity index (χ0v) is 6.28. The van der Waals surface area contributed by atoms with Gasteiger partial charge in [-0.05, 0) is 12.8 Å². The number of aliphatic carboxylic acids is 2. The molecule has 0 aromatic carbocycles. The van der Waals surface area contributed by atoms with Gasteiger partial charge in [0.05, 0.1) is 0 Å². The highest BCUT2D eigenvalue weighted by atomic mass is 16.4. The summed E-state index contributed by atoms with van der Waals surface area (Å²) < 4.78 is 0. The van der Waals surface area contributed by atoms with Gasteiger partial charge in [-0.2, -0.15) is 0 Å². The SMILES string of the molecule is O=C(O)C1=CC=C(C(=O)O)CC1. The van der Waals surface area contributed by atoms with Gasteiger partial charge in [-0.25, -0.2) is 9.59 Å². The zero-order chi connectivity index (χ0) is 9.14. The molecule has 64 valence electrons. The lowest BCUT2D eigenvalue weighted by Gasteiger charge is -2.07. The van der Waals surface area contributed by atoms with Crippen molar-refractivity contribution in [3.05, 3.63) is 23.3 Å². The Hall–Kier alpha value is -1.58. The molecule has 0 saturated carbocycles. The van der Waals surface area contributed by atoms with Crippen LogP contribution in [0.15, 0.2) is 23.3 Å². The molecule has 4 nitrogen and oxygen atoms in total. The van der Waals surface area contributed by atoms with E-state index in [1.807, 2.05) is 0 Å². The quantitative estimate of drug-likeness (QED) is 0.639. The number of hydrogen-bond donors (Lipinski definition) is 2. The maximum Gasteiger partial charge on any atom is 0.331 e. The molecule has 12 heavy (non-hydrogen) atoms.